The molecule has 0 aliphatic carbocycles. The van der Waals surface area contributed by atoms with Crippen LogP contribution in [0.4, 0.5) is 0 Å². The van der Waals surface area contributed by atoms with Gasteiger partial charge in [0.25, 0.3) is 0 Å². The van der Waals surface area contributed by atoms with E-state index in [4.69, 9.17) is 4.43 Å². The normalized spacial score (nSPS) is 12.0. The first-order valence-corrected chi connectivity index (χ1v) is 6.93. The van der Waals surface area contributed by atoms with Crippen LogP contribution < -0.4 is 0 Å². The minimum atomic E-state index is -0.230. The maximum absolute atomic E-state index is 5.45. The average molecular weight is 164 g/mol. The fourth-order valence-corrected chi connectivity index (χ4v) is 3.49. The summed E-state index contributed by atoms with van der Waals surface area (Å²) in [6.07, 6.45) is 1.72. The quantitative estimate of drug-likeness (QED) is 0.450. The molecule has 0 fully saturated rings. The molecule has 1 nitrogen and oxygen atoms in total. The highest BCUT2D eigenvalue weighted by Gasteiger charge is 1.91. The van der Waals surface area contributed by atoms with Gasteiger partial charge < -0.3 is 4.43 Å². The van der Waals surface area contributed by atoms with E-state index in [1.807, 2.05) is 11.2 Å². The van der Waals surface area contributed by atoms with E-state index in [1.165, 1.54) is 12.2 Å². The standard InChI is InChI=1S/C6H16OSSi/c1-4-5-8-9-7-6(2)3/h6H,4-5,9H2,1-3H3. The molecule has 0 aromatic rings. The van der Waals surface area contributed by atoms with Gasteiger partial charge in [-0.05, 0) is 26.0 Å². The SMILES string of the molecule is CCCS[SiH2]OC(C)C. The summed E-state index contributed by atoms with van der Waals surface area (Å²) in [5, 5.41) is 0. The summed E-state index contributed by atoms with van der Waals surface area (Å²) >= 11 is 2.00. The average Bonchev–Trinajstić information content (AvgIpc) is 1.80. The lowest BCUT2D eigenvalue weighted by molar-refractivity contribution is 0.264. The number of hydrogen-bond acceptors (Lipinski definition) is 2. The van der Waals surface area contributed by atoms with Crippen LogP contribution in [0.5, 0.6) is 0 Å². The molecule has 56 valence electrons. The van der Waals surface area contributed by atoms with Gasteiger partial charge in [-0.3, -0.25) is 0 Å². The topological polar surface area (TPSA) is 9.23 Å². The molecule has 0 spiro atoms. The van der Waals surface area contributed by atoms with Crippen molar-refractivity contribution in [3.63, 3.8) is 0 Å². The number of rotatable bonds is 5. The summed E-state index contributed by atoms with van der Waals surface area (Å²) in [5.41, 5.74) is 0. The van der Waals surface area contributed by atoms with Gasteiger partial charge in [-0.15, -0.1) is 0 Å². The van der Waals surface area contributed by atoms with Crippen molar-refractivity contribution in [3.8, 4) is 0 Å². The van der Waals surface area contributed by atoms with Crippen molar-refractivity contribution in [3.05, 3.63) is 0 Å². The Labute approximate surface area is 64.1 Å². The summed E-state index contributed by atoms with van der Waals surface area (Å²) in [6, 6.07) is 0. The molecule has 0 aliphatic rings. The molecule has 0 aromatic heterocycles. The van der Waals surface area contributed by atoms with Gasteiger partial charge in [0.1, 0.15) is 0 Å². The van der Waals surface area contributed by atoms with Gasteiger partial charge >= 0.3 is 0 Å². The third-order valence-electron chi connectivity index (χ3n) is 0.833. The van der Waals surface area contributed by atoms with Gasteiger partial charge in [0, 0.05) is 6.10 Å². The third kappa shape index (κ3) is 8.53. The highest BCUT2D eigenvalue weighted by Crippen LogP contribution is 2.00. The lowest BCUT2D eigenvalue weighted by atomic mass is 10.5. The van der Waals surface area contributed by atoms with Crippen LogP contribution in [-0.2, 0) is 4.43 Å². The molecule has 0 aliphatic heterocycles. The van der Waals surface area contributed by atoms with Gasteiger partial charge in [-0.25, -0.2) is 0 Å². The molecule has 0 radical (unpaired) electrons. The molecule has 0 saturated heterocycles. The maximum atomic E-state index is 5.45. The van der Waals surface area contributed by atoms with Crippen molar-refractivity contribution >= 4 is 20.1 Å². The summed E-state index contributed by atoms with van der Waals surface area (Å²) in [7, 11) is -0.230. The lowest BCUT2D eigenvalue weighted by Crippen LogP contribution is -2.04. The molecular formula is C6H16OSSi. The van der Waals surface area contributed by atoms with Crippen LogP contribution in [0.3, 0.4) is 0 Å². The Bertz CT molecular complexity index is 59.0. The Morgan fingerprint density at radius 2 is 2.22 bits per heavy atom. The smallest absolute Gasteiger partial charge is 0.222 e. The molecule has 0 aromatic carbocycles. The van der Waals surface area contributed by atoms with Gasteiger partial charge in [0.15, 0.2) is 0 Å². The zero-order chi connectivity index (χ0) is 7.11. The molecule has 0 heterocycles. The fraction of sp³-hybridized carbons (Fsp3) is 1.00. The molecule has 0 amide bonds. The van der Waals surface area contributed by atoms with E-state index in [2.05, 4.69) is 20.8 Å². The predicted octanol–water partition coefficient (Wildman–Crippen LogP) is 1.55. The predicted molar refractivity (Wildman–Crippen MR) is 47.5 cm³/mol. The minimum absolute atomic E-state index is 0.230. The highest BCUT2D eigenvalue weighted by molar-refractivity contribution is 8.21. The Morgan fingerprint density at radius 3 is 2.67 bits per heavy atom. The van der Waals surface area contributed by atoms with Gasteiger partial charge in [0.05, 0.1) is 0 Å². The first kappa shape index (κ1) is 9.53. The lowest BCUT2D eigenvalue weighted by Gasteiger charge is -2.04. The molecule has 0 saturated carbocycles. The van der Waals surface area contributed by atoms with Crippen LogP contribution in [0, 0.1) is 0 Å². The van der Waals surface area contributed by atoms with Gasteiger partial charge in [-0.1, -0.05) is 6.92 Å². The summed E-state index contributed by atoms with van der Waals surface area (Å²) in [4.78, 5) is 0. The van der Waals surface area contributed by atoms with Crippen LogP contribution in [0.1, 0.15) is 27.2 Å². The van der Waals surface area contributed by atoms with Crippen molar-refractivity contribution in [2.45, 2.75) is 33.3 Å². The van der Waals surface area contributed by atoms with Gasteiger partial charge in [-0.2, -0.15) is 11.2 Å². The van der Waals surface area contributed by atoms with Crippen LogP contribution in [0.15, 0.2) is 0 Å². The third-order valence-corrected chi connectivity index (χ3v) is 4.27. The molecule has 9 heavy (non-hydrogen) atoms. The second-order valence-electron chi connectivity index (χ2n) is 2.24. The van der Waals surface area contributed by atoms with Crippen molar-refractivity contribution in [1.29, 1.82) is 0 Å². The zero-order valence-electron chi connectivity index (χ0n) is 6.52. The van der Waals surface area contributed by atoms with E-state index < -0.39 is 0 Å². The van der Waals surface area contributed by atoms with Crippen LogP contribution >= 0.6 is 11.2 Å². The highest BCUT2D eigenvalue weighted by atomic mass is 32.4. The van der Waals surface area contributed by atoms with Crippen molar-refractivity contribution in [2.75, 3.05) is 5.75 Å². The van der Waals surface area contributed by atoms with Crippen LogP contribution in [-0.4, -0.2) is 20.8 Å². The van der Waals surface area contributed by atoms with Crippen molar-refractivity contribution in [2.24, 2.45) is 0 Å². The molecule has 0 unspecified atom stereocenters. The number of hydrogen-bond donors (Lipinski definition) is 0. The van der Waals surface area contributed by atoms with Crippen LogP contribution in [0.25, 0.3) is 0 Å². The molecule has 0 atom stereocenters. The largest absolute Gasteiger partial charge is 0.410 e. The Balaban J connectivity index is 2.75. The second kappa shape index (κ2) is 6.64. The van der Waals surface area contributed by atoms with E-state index in [0.29, 0.717) is 6.10 Å². The second-order valence-corrected chi connectivity index (χ2v) is 5.56. The Kier molecular flexibility index (Phi) is 7.03. The van der Waals surface area contributed by atoms with E-state index in [1.54, 1.807) is 0 Å². The summed E-state index contributed by atoms with van der Waals surface area (Å²) in [5.74, 6) is 1.28. The van der Waals surface area contributed by atoms with E-state index in [0.717, 1.165) is 0 Å². The zero-order valence-corrected chi connectivity index (χ0v) is 8.75. The van der Waals surface area contributed by atoms with E-state index in [-0.39, 0.29) is 8.91 Å². The van der Waals surface area contributed by atoms with E-state index in [9.17, 15) is 0 Å². The first-order chi connectivity index (χ1) is 4.27. The monoisotopic (exact) mass is 164 g/mol. The minimum Gasteiger partial charge on any atom is -0.410 e. The van der Waals surface area contributed by atoms with Gasteiger partial charge in [0.2, 0.25) is 8.91 Å². The Hall–Kier alpha value is 0.527. The molecule has 3 heteroatoms. The molecule has 0 bridgehead atoms. The summed E-state index contributed by atoms with van der Waals surface area (Å²) in [6.45, 7) is 6.40. The van der Waals surface area contributed by atoms with Crippen molar-refractivity contribution in [1.82, 2.24) is 0 Å². The molecular weight excluding hydrogens is 148 g/mol. The Morgan fingerprint density at radius 1 is 1.56 bits per heavy atom. The molecule has 0 N–H and O–H groups in total. The summed E-state index contributed by atoms with van der Waals surface area (Å²) < 4.78 is 5.45. The fourth-order valence-electron chi connectivity index (χ4n) is 0.387. The van der Waals surface area contributed by atoms with Crippen LogP contribution in [0.2, 0.25) is 0 Å². The molecule has 0 rings (SSSR count). The maximum Gasteiger partial charge on any atom is 0.222 e. The van der Waals surface area contributed by atoms with E-state index >= 15 is 0 Å². The van der Waals surface area contributed by atoms with Crippen molar-refractivity contribution < 1.29 is 4.43 Å². The first-order valence-electron chi connectivity index (χ1n) is 3.46.